The molecular formula is C24H27N3O2. The minimum Gasteiger partial charge on any atom is -0.478 e. The highest BCUT2D eigenvalue weighted by Crippen LogP contribution is 2.36. The van der Waals surface area contributed by atoms with Gasteiger partial charge in [0.25, 0.3) is 0 Å². The van der Waals surface area contributed by atoms with Crippen molar-refractivity contribution in [2.75, 3.05) is 19.6 Å². The number of hydrogen-bond donors (Lipinski definition) is 3. The average Bonchev–Trinajstić information content (AvgIpc) is 3.33. The molecule has 5 nitrogen and oxygen atoms in total. The van der Waals surface area contributed by atoms with Crippen molar-refractivity contribution in [3.63, 3.8) is 0 Å². The summed E-state index contributed by atoms with van der Waals surface area (Å²) in [6, 6.07) is 15.1. The largest absolute Gasteiger partial charge is 0.478 e. The van der Waals surface area contributed by atoms with Crippen LogP contribution in [0.3, 0.4) is 0 Å². The summed E-state index contributed by atoms with van der Waals surface area (Å²) in [6.07, 6.45) is 8.04. The first-order valence-corrected chi connectivity index (χ1v) is 10.2. The summed E-state index contributed by atoms with van der Waals surface area (Å²) < 4.78 is 0. The Balaban J connectivity index is 1.50. The molecule has 1 aliphatic rings. The summed E-state index contributed by atoms with van der Waals surface area (Å²) in [5.41, 5.74) is 12.1. The molecule has 0 amide bonds. The smallest absolute Gasteiger partial charge is 0.328 e. The van der Waals surface area contributed by atoms with Crippen LogP contribution in [0.5, 0.6) is 0 Å². The molecule has 1 heterocycles. The van der Waals surface area contributed by atoms with Gasteiger partial charge >= 0.3 is 5.97 Å². The summed E-state index contributed by atoms with van der Waals surface area (Å²) in [7, 11) is 0. The molecule has 4 N–H and O–H groups in total. The number of fused-ring (bicyclic) bond motifs is 2. The highest BCUT2D eigenvalue weighted by Gasteiger charge is 2.27. The van der Waals surface area contributed by atoms with Gasteiger partial charge in [-0.1, -0.05) is 36.4 Å². The van der Waals surface area contributed by atoms with Gasteiger partial charge in [0, 0.05) is 48.9 Å². The average molecular weight is 389 g/mol. The first kappa shape index (κ1) is 19.4. The predicted molar refractivity (Wildman–Crippen MR) is 117 cm³/mol. The minimum atomic E-state index is -0.922. The van der Waals surface area contributed by atoms with E-state index in [4.69, 9.17) is 10.8 Å². The van der Waals surface area contributed by atoms with Crippen LogP contribution < -0.4 is 5.73 Å². The molecule has 0 radical (unpaired) electrons. The fourth-order valence-corrected chi connectivity index (χ4v) is 4.46. The second-order valence-corrected chi connectivity index (χ2v) is 7.62. The molecule has 1 atom stereocenters. The number of nitrogens with two attached hydrogens (primary N) is 1. The maximum Gasteiger partial charge on any atom is 0.328 e. The molecule has 1 aromatic heterocycles. The van der Waals surface area contributed by atoms with Gasteiger partial charge < -0.3 is 15.8 Å². The standard InChI is InChI=1S/C24H27N3O2/c25-12-14-27(13-11-19-16-26-22-4-2-1-3-20(19)22)23-9-7-18-15-17(5-8-21(18)23)6-10-24(28)29/h1-6,8,10,15-16,23,26H,7,9,11-14,25H2,(H,28,29)/b10-6+. The number of carbonyl (C=O) groups is 1. The molecule has 0 spiro atoms. The van der Waals surface area contributed by atoms with Crippen LogP contribution in [-0.2, 0) is 17.6 Å². The van der Waals surface area contributed by atoms with Crippen molar-refractivity contribution in [2.24, 2.45) is 5.73 Å². The zero-order valence-electron chi connectivity index (χ0n) is 16.5. The summed E-state index contributed by atoms with van der Waals surface area (Å²) >= 11 is 0. The van der Waals surface area contributed by atoms with Gasteiger partial charge in [0.15, 0.2) is 0 Å². The van der Waals surface area contributed by atoms with Crippen LogP contribution in [0, 0.1) is 0 Å². The van der Waals surface area contributed by atoms with Crippen LogP contribution in [0.15, 0.2) is 54.7 Å². The lowest BCUT2D eigenvalue weighted by atomic mass is 10.0. The molecule has 0 fully saturated rings. The second kappa shape index (κ2) is 8.64. The lowest BCUT2D eigenvalue weighted by Crippen LogP contribution is -2.34. The molecule has 0 bridgehead atoms. The number of carboxylic acids is 1. The summed E-state index contributed by atoms with van der Waals surface area (Å²) in [5.74, 6) is -0.922. The molecule has 3 aromatic rings. The molecule has 1 unspecified atom stereocenters. The zero-order chi connectivity index (χ0) is 20.2. The third kappa shape index (κ3) is 4.26. The van der Waals surface area contributed by atoms with Gasteiger partial charge in [-0.25, -0.2) is 4.79 Å². The maximum atomic E-state index is 10.8. The Labute approximate surface area is 170 Å². The number of hydrogen-bond acceptors (Lipinski definition) is 3. The molecule has 150 valence electrons. The van der Waals surface area contributed by atoms with E-state index < -0.39 is 5.97 Å². The number of para-hydroxylation sites is 1. The Kier molecular flexibility index (Phi) is 5.79. The van der Waals surface area contributed by atoms with Crippen LogP contribution in [0.4, 0.5) is 0 Å². The number of carboxylic acid groups (broad SMARTS) is 1. The van der Waals surface area contributed by atoms with Gasteiger partial charge in [0.05, 0.1) is 0 Å². The Hall–Kier alpha value is -2.89. The maximum absolute atomic E-state index is 10.8. The zero-order valence-corrected chi connectivity index (χ0v) is 16.5. The summed E-state index contributed by atoms with van der Waals surface area (Å²) in [4.78, 5) is 16.6. The van der Waals surface area contributed by atoms with Crippen molar-refractivity contribution in [3.8, 4) is 0 Å². The van der Waals surface area contributed by atoms with Crippen molar-refractivity contribution in [3.05, 3.63) is 77.0 Å². The van der Waals surface area contributed by atoms with Crippen molar-refractivity contribution in [2.45, 2.75) is 25.3 Å². The van der Waals surface area contributed by atoms with Crippen molar-refractivity contribution >= 4 is 22.9 Å². The van der Waals surface area contributed by atoms with E-state index in [-0.39, 0.29) is 0 Å². The lowest BCUT2D eigenvalue weighted by Gasteiger charge is -2.29. The molecule has 29 heavy (non-hydrogen) atoms. The van der Waals surface area contributed by atoms with E-state index in [2.05, 4.69) is 52.5 Å². The summed E-state index contributed by atoms with van der Waals surface area (Å²) in [6.45, 7) is 2.47. The molecule has 0 saturated carbocycles. The van der Waals surface area contributed by atoms with Gasteiger partial charge in [-0.15, -0.1) is 0 Å². The third-order valence-corrected chi connectivity index (χ3v) is 5.83. The van der Waals surface area contributed by atoms with Gasteiger partial charge in [0.2, 0.25) is 0 Å². The monoisotopic (exact) mass is 389 g/mol. The highest BCUT2D eigenvalue weighted by molar-refractivity contribution is 5.85. The fourth-order valence-electron chi connectivity index (χ4n) is 4.46. The van der Waals surface area contributed by atoms with E-state index in [9.17, 15) is 4.79 Å². The third-order valence-electron chi connectivity index (χ3n) is 5.83. The molecule has 5 heteroatoms. The molecule has 0 saturated heterocycles. The number of aromatic amines is 1. The van der Waals surface area contributed by atoms with Crippen LogP contribution in [0.25, 0.3) is 17.0 Å². The number of rotatable bonds is 8. The first-order valence-electron chi connectivity index (χ1n) is 10.2. The van der Waals surface area contributed by atoms with Crippen molar-refractivity contribution in [1.82, 2.24) is 9.88 Å². The van der Waals surface area contributed by atoms with Crippen LogP contribution in [0.2, 0.25) is 0 Å². The lowest BCUT2D eigenvalue weighted by molar-refractivity contribution is -0.131. The Morgan fingerprint density at radius 3 is 2.93 bits per heavy atom. The first-order chi connectivity index (χ1) is 14.2. The van der Waals surface area contributed by atoms with E-state index in [1.807, 2.05) is 6.07 Å². The number of benzene rings is 2. The van der Waals surface area contributed by atoms with E-state index in [0.717, 1.165) is 37.9 Å². The molecular weight excluding hydrogens is 362 g/mol. The topological polar surface area (TPSA) is 82.3 Å². The molecule has 4 rings (SSSR count). The van der Waals surface area contributed by atoms with E-state index in [1.54, 1.807) is 6.08 Å². The van der Waals surface area contributed by atoms with Crippen LogP contribution in [0.1, 0.15) is 34.7 Å². The SMILES string of the molecule is NCCN(CCc1c[nH]c2ccccc12)C1CCc2cc(/C=C/C(=O)O)ccc21. The number of H-pyrrole nitrogens is 1. The summed E-state index contributed by atoms with van der Waals surface area (Å²) in [5, 5.41) is 10.1. The van der Waals surface area contributed by atoms with Crippen molar-refractivity contribution in [1.29, 1.82) is 0 Å². The number of aryl methyl sites for hydroxylation is 1. The van der Waals surface area contributed by atoms with Gasteiger partial charge in [-0.05, 0) is 53.7 Å². The number of nitrogens with zero attached hydrogens (tertiary/aromatic N) is 1. The highest BCUT2D eigenvalue weighted by atomic mass is 16.4. The van der Waals surface area contributed by atoms with E-state index in [1.165, 1.54) is 33.7 Å². The Bertz CT molecular complexity index is 1040. The molecule has 2 aromatic carbocycles. The predicted octanol–water partition coefficient (Wildman–Crippen LogP) is 3.76. The second-order valence-electron chi connectivity index (χ2n) is 7.62. The molecule has 1 aliphatic carbocycles. The minimum absolute atomic E-state index is 0.372. The number of aliphatic carboxylic acids is 1. The van der Waals surface area contributed by atoms with Gasteiger partial charge in [-0.2, -0.15) is 0 Å². The Morgan fingerprint density at radius 2 is 2.10 bits per heavy atom. The molecule has 0 aliphatic heterocycles. The van der Waals surface area contributed by atoms with Crippen molar-refractivity contribution < 1.29 is 9.90 Å². The van der Waals surface area contributed by atoms with E-state index in [0.29, 0.717) is 12.6 Å². The quantitative estimate of drug-likeness (QED) is 0.512. The normalized spacial score (nSPS) is 16.1. The Morgan fingerprint density at radius 1 is 1.24 bits per heavy atom. The van der Waals surface area contributed by atoms with Gasteiger partial charge in [0.1, 0.15) is 0 Å². The van der Waals surface area contributed by atoms with Crippen LogP contribution >= 0.6 is 0 Å². The van der Waals surface area contributed by atoms with Crippen LogP contribution in [-0.4, -0.2) is 40.6 Å². The van der Waals surface area contributed by atoms with Gasteiger partial charge in [-0.3, -0.25) is 4.90 Å². The van der Waals surface area contributed by atoms with E-state index >= 15 is 0 Å². The fraction of sp³-hybridized carbons (Fsp3) is 0.292. The number of aromatic nitrogens is 1. The number of nitrogens with one attached hydrogen (secondary N) is 1.